The molecule has 1 aliphatic heterocycles. The van der Waals surface area contributed by atoms with Gasteiger partial charge in [-0.15, -0.1) is 0 Å². The molecule has 1 fully saturated rings. The average molecular weight is 275 g/mol. The van der Waals surface area contributed by atoms with Crippen molar-refractivity contribution in [1.82, 2.24) is 14.5 Å². The van der Waals surface area contributed by atoms with E-state index < -0.39 is 0 Å². The molecule has 0 amide bonds. The highest BCUT2D eigenvalue weighted by Gasteiger charge is 2.16. The van der Waals surface area contributed by atoms with Gasteiger partial charge in [0.2, 0.25) is 0 Å². The van der Waals surface area contributed by atoms with Crippen molar-refractivity contribution in [2.45, 2.75) is 20.0 Å². The van der Waals surface area contributed by atoms with Gasteiger partial charge in [0.05, 0.1) is 37.4 Å². The first kappa shape index (κ1) is 13.5. The molecular formula is C15H21N3O2. The monoisotopic (exact) mass is 275 g/mol. The summed E-state index contributed by atoms with van der Waals surface area (Å²) in [6.45, 7) is 7.10. The Morgan fingerprint density at radius 1 is 1.30 bits per heavy atom. The predicted molar refractivity (Wildman–Crippen MR) is 77.7 cm³/mol. The average Bonchev–Trinajstić information content (AvgIpc) is 2.77. The maximum absolute atomic E-state index is 9.30. The fraction of sp³-hybridized carbons (Fsp3) is 0.533. The second-order valence-corrected chi connectivity index (χ2v) is 5.28. The molecule has 0 saturated carbocycles. The van der Waals surface area contributed by atoms with Gasteiger partial charge in [-0.2, -0.15) is 0 Å². The number of nitrogens with zero attached hydrogens (tertiary/aromatic N) is 3. The fourth-order valence-corrected chi connectivity index (χ4v) is 2.72. The van der Waals surface area contributed by atoms with Crippen LogP contribution in [0.25, 0.3) is 11.0 Å². The standard InChI is InChI=1S/C15H21N3O2/c1-12-2-3-14-13(10-12)16-15(18(14)4-7-19)11-17-5-8-20-9-6-17/h2-3,10,19H,4-9,11H2,1H3. The van der Waals surface area contributed by atoms with E-state index in [4.69, 9.17) is 9.72 Å². The Kier molecular flexibility index (Phi) is 4.00. The van der Waals surface area contributed by atoms with Gasteiger partial charge in [0.1, 0.15) is 5.82 Å². The number of morpholine rings is 1. The molecule has 1 aromatic heterocycles. The molecule has 2 aromatic rings. The van der Waals surface area contributed by atoms with Crippen LogP contribution in [-0.4, -0.2) is 52.5 Å². The Balaban J connectivity index is 1.93. The Morgan fingerprint density at radius 3 is 2.85 bits per heavy atom. The number of benzene rings is 1. The zero-order valence-corrected chi connectivity index (χ0v) is 11.9. The fourth-order valence-electron chi connectivity index (χ4n) is 2.72. The lowest BCUT2D eigenvalue weighted by Gasteiger charge is -2.26. The quantitative estimate of drug-likeness (QED) is 0.910. The summed E-state index contributed by atoms with van der Waals surface area (Å²) in [5.41, 5.74) is 3.33. The van der Waals surface area contributed by atoms with Crippen LogP contribution in [0, 0.1) is 6.92 Å². The number of aliphatic hydroxyl groups is 1. The van der Waals surface area contributed by atoms with E-state index in [0.717, 1.165) is 49.7 Å². The van der Waals surface area contributed by atoms with Gasteiger partial charge in [-0.3, -0.25) is 4.90 Å². The number of aromatic nitrogens is 2. The minimum atomic E-state index is 0.134. The molecule has 0 radical (unpaired) electrons. The molecule has 0 aliphatic carbocycles. The van der Waals surface area contributed by atoms with Crippen LogP contribution in [0.15, 0.2) is 18.2 Å². The lowest BCUT2D eigenvalue weighted by atomic mass is 10.2. The summed E-state index contributed by atoms with van der Waals surface area (Å²) in [6, 6.07) is 6.29. The van der Waals surface area contributed by atoms with E-state index in [-0.39, 0.29) is 6.61 Å². The molecule has 2 heterocycles. The van der Waals surface area contributed by atoms with Crippen molar-refractivity contribution in [1.29, 1.82) is 0 Å². The van der Waals surface area contributed by atoms with E-state index in [1.807, 2.05) is 0 Å². The molecule has 0 unspecified atom stereocenters. The van der Waals surface area contributed by atoms with E-state index in [2.05, 4.69) is 34.6 Å². The summed E-state index contributed by atoms with van der Waals surface area (Å²) in [4.78, 5) is 7.11. The van der Waals surface area contributed by atoms with E-state index >= 15 is 0 Å². The van der Waals surface area contributed by atoms with Gasteiger partial charge in [-0.05, 0) is 24.6 Å². The van der Waals surface area contributed by atoms with E-state index in [9.17, 15) is 5.11 Å². The van der Waals surface area contributed by atoms with Crippen molar-refractivity contribution < 1.29 is 9.84 Å². The summed E-state index contributed by atoms with van der Waals surface area (Å²) >= 11 is 0. The normalized spacial score (nSPS) is 16.9. The molecule has 1 aliphatic rings. The lowest BCUT2D eigenvalue weighted by molar-refractivity contribution is 0.0325. The maximum Gasteiger partial charge on any atom is 0.124 e. The summed E-state index contributed by atoms with van der Waals surface area (Å²) in [5, 5.41) is 9.30. The minimum Gasteiger partial charge on any atom is -0.395 e. The minimum absolute atomic E-state index is 0.134. The number of hydrogen-bond donors (Lipinski definition) is 1. The van der Waals surface area contributed by atoms with Gasteiger partial charge in [0.25, 0.3) is 0 Å². The first-order valence-electron chi connectivity index (χ1n) is 7.14. The van der Waals surface area contributed by atoms with Crippen LogP contribution < -0.4 is 0 Å². The molecule has 5 heteroatoms. The summed E-state index contributed by atoms with van der Waals surface area (Å²) in [6.07, 6.45) is 0. The Labute approximate surface area is 118 Å². The highest BCUT2D eigenvalue weighted by Crippen LogP contribution is 2.19. The molecule has 1 N–H and O–H groups in total. The molecule has 1 saturated heterocycles. The highest BCUT2D eigenvalue weighted by molar-refractivity contribution is 5.76. The zero-order chi connectivity index (χ0) is 13.9. The van der Waals surface area contributed by atoms with Crippen LogP contribution >= 0.6 is 0 Å². The molecule has 1 aromatic carbocycles. The first-order chi connectivity index (χ1) is 9.78. The third-order valence-corrected chi connectivity index (χ3v) is 3.78. The SMILES string of the molecule is Cc1ccc2c(c1)nc(CN1CCOCC1)n2CCO. The van der Waals surface area contributed by atoms with Crippen molar-refractivity contribution in [2.75, 3.05) is 32.9 Å². The molecule has 5 nitrogen and oxygen atoms in total. The number of ether oxygens (including phenoxy) is 1. The van der Waals surface area contributed by atoms with E-state index in [1.165, 1.54) is 5.56 Å². The lowest BCUT2D eigenvalue weighted by Crippen LogP contribution is -2.36. The van der Waals surface area contributed by atoms with Crippen LogP contribution in [0.4, 0.5) is 0 Å². The predicted octanol–water partition coefficient (Wildman–Crippen LogP) is 1.17. The van der Waals surface area contributed by atoms with Gasteiger partial charge < -0.3 is 14.4 Å². The van der Waals surface area contributed by atoms with Crippen LogP contribution in [0.3, 0.4) is 0 Å². The Morgan fingerprint density at radius 2 is 2.10 bits per heavy atom. The van der Waals surface area contributed by atoms with E-state index in [0.29, 0.717) is 6.54 Å². The molecule has 0 bridgehead atoms. The molecule has 0 atom stereocenters. The van der Waals surface area contributed by atoms with E-state index in [1.54, 1.807) is 0 Å². The van der Waals surface area contributed by atoms with Crippen molar-refractivity contribution in [3.8, 4) is 0 Å². The molecule has 0 spiro atoms. The molecular weight excluding hydrogens is 254 g/mol. The van der Waals surface area contributed by atoms with Crippen LogP contribution in [0.1, 0.15) is 11.4 Å². The van der Waals surface area contributed by atoms with Crippen molar-refractivity contribution in [2.24, 2.45) is 0 Å². The van der Waals surface area contributed by atoms with Gasteiger partial charge in [-0.25, -0.2) is 4.98 Å². The number of imidazole rings is 1. The van der Waals surface area contributed by atoms with Crippen LogP contribution in [-0.2, 0) is 17.8 Å². The van der Waals surface area contributed by atoms with Crippen LogP contribution in [0.5, 0.6) is 0 Å². The van der Waals surface area contributed by atoms with Crippen LogP contribution in [0.2, 0.25) is 0 Å². The molecule has 108 valence electrons. The number of fused-ring (bicyclic) bond motifs is 1. The maximum atomic E-state index is 9.30. The van der Waals surface area contributed by atoms with Crippen molar-refractivity contribution >= 4 is 11.0 Å². The van der Waals surface area contributed by atoms with Gasteiger partial charge in [0.15, 0.2) is 0 Å². The molecule has 20 heavy (non-hydrogen) atoms. The third-order valence-electron chi connectivity index (χ3n) is 3.78. The summed E-state index contributed by atoms with van der Waals surface area (Å²) in [7, 11) is 0. The number of aryl methyl sites for hydroxylation is 1. The number of hydrogen-bond acceptors (Lipinski definition) is 4. The zero-order valence-electron chi connectivity index (χ0n) is 11.9. The number of aliphatic hydroxyl groups excluding tert-OH is 1. The Hall–Kier alpha value is -1.43. The van der Waals surface area contributed by atoms with Gasteiger partial charge >= 0.3 is 0 Å². The van der Waals surface area contributed by atoms with Gasteiger partial charge in [-0.1, -0.05) is 6.07 Å². The smallest absolute Gasteiger partial charge is 0.124 e. The second kappa shape index (κ2) is 5.91. The summed E-state index contributed by atoms with van der Waals surface area (Å²) < 4.78 is 7.51. The third kappa shape index (κ3) is 2.70. The van der Waals surface area contributed by atoms with Crippen molar-refractivity contribution in [3.63, 3.8) is 0 Å². The highest BCUT2D eigenvalue weighted by atomic mass is 16.5. The largest absolute Gasteiger partial charge is 0.395 e. The Bertz CT molecular complexity index is 588. The van der Waals surface area contributed by atoms with Gasteiger partial charge in [0, 0.05) is 19.6 Å². The molecule has 3 rings (SSSR count). The number of rotatable bonds is 4. The topological polar surface area (TPSA) is 50.5 Å². The first-order valence-corrected chi connectivity index (χ1v) is 7.14. The summed E-state index contributed by atoms with van der Waals surface area (Å²) in [5.74, 6) is 1.03. The van der Waals surface area contributed by atoms with Crippen molar-refractivity contribution in [3.05, 3.63) is 29.6 Å². The second-order valence-electron chi connectivity index (χ2n) is 5.28.